The summed E-state index contributed by atoms with van der Waals surface area (Å²) in [4.78, 5) is 32.4. The Kier molecular flexibility index (Phi) is 7.10. The minimum Gasteiger partial charge on any atom is -0.481 e. The molecule has 0 radical (unpaired) electrons. The first-order valence-corrected chi connectivity index (χ1v) is 5.41. The first-order valence-electron chi connectivity index (χ1n) is 5.41. The summed E-state index contributed by atoms with van der Waals surface area (Å²) in [6.07, 6.45) is 1.08. The summed E-state index contributed by atoms with van der Waals surface area (Å²) in [5, 5.41) is 14.6. The van der Waals surface area contributed by atoms with Crippen LogP contribution in [0.15, 0.2) is 5.10 Å². The number of nitrogens with one attached hydrogen (secondary N) is 2. The van der Waals surface area contributed by atoms with Gasteiger partial charge in [0.2, 0.25) is 5.91 Å². The third kappa shape index (κ3) is 9.13. The van der Waals surface area contributed by atoms with E-state index in [0.717, 1.165) is 6.21 Å². The first kappa shape index (κ1) is 15.9. The summed E-state index contributed by atoms with van der Waals surface area (Å²) in [6, 6.07) is -1.66. The van der Waals surface area contributed by atoms with Crippen molar-refractivity contribution in [3.8, 4) is 0 Å². The topological polar surface area (TPSA) is 134 Å². The van der Waals surface area contributed by atoms with Crippen LogP contribution in [0.4, 0.5) is 4.79 Å². The fourth-order valence-corrected chi connectivity index (χ4v) is 1.16. The van der Waals surface area contributed by atoms with Gasteiger partial charge < -0.3 is 16.2 Å². The van der Waals surface area contributed by atoms with Crippen molar-refractivity contribution in [2.45, 2.75) is 32.7 Å². The minimum absolute atomic E-state index is 0.163. The van der Waals surface area contributed by atoms with E-state index in [1.807, 2.05) is 19.3 Å². The number of aliphatic carboxylic acids is 1. The Hall–Kier alpha value is -2.12. The molecule has 0 heterocycles. The molecule has 0 unspecified atom stereocenters. The number of urea groups is 1. The van der Waals surface area contributed by atoms with E-state index in [4.69, 9.17) is 10.8 Å². The van der Waals surface area contributed by atoms with Gasteiger partial charge in [-0.1, -0.05) is 13.8 Å². The number of carbonyl (C=O) groups excluding carboxylic acids is 2. The van der Waals surface area contributed by atoms with Gasteiger partial charge in [0.1, 0.15) is 0 Å². The van der Waals surface area contributed by atoms with Crippen LogP contribution in [0, 0.1) is 5.92 Å². The van der Waals surface area contributed by atoms with E-state index in [1.54, 1.807) is 0 Å². The zero-order chi connectivity index (χ0) is 14.1. The molecule has 8 nitrogen and oxygen atoms in total. The van der Waals surface area contributed by atoms with Crippen LogP contribution in [0.3, 0.4) is 0 Å². The van der Waals surface area contributed by atoms with Crippen LogP contribution in [0.25, 0.3) is 0 Å². The number of carboxylic acid groups (broad SMARTS) is 1. The highest BCUT2D eigenvalue weighted by Gasteiger charge is 2.14. The summed E-state index contributed by atoms with van der Waals surface area (Å²) in [5.74, 6) is -1.20. The van der Waals surface area contributed by atoms with Gasteiger partial charge in [0.05, 0.1) is 12.5 Å². The normalized spacial score (nSPS) is 12.4. The van der Waals surface area contributed by atoms with Crippen molar-refractivity contribution < 1.29 is 19.5 Å². The van der Waals surface area contributed by atoms with Crippen LogP contribution in [0.5, 0.6) is 0 Å². The number of nitrogens with two attached hydrogens (primary N) is 1. The molecule has 0 aliphatic heterocycles. The molecule has 18 heavy (non-hydrogen) atoms. The Morgan fingerprint density at radius 3 is 2.39 bits per heavy atom. The maximum absolute atomic E-state index is 11.5. The molecule has 0 aromatic rings. The van der Waals surface area contributed by atoms with Crippen molar-refractivity contribution in [1.82, 2.24) is 10.7 Å². The van der Waals surface area contributed by atoms with E-state index < -0.39 is 18.0 Å². The van der Waals surface area contributed by atoms with Crippen molar-refractivity contribution in [3.63, 3.8) is 0 Å². The lowest BCUT2D eigenvalue weighted by Gasteiger charge is -2.13. The zero-order valence-electron chi connectivity index (χ0n) is 10.3. The number of rotatable bonds is 7. The molecule has 1 atom stereocenters. The second kappa shape index (κ2) is 8.04. The van der Waals surface area contributed by atoms with Gasteiger partial charge in [-0.3, -0.25) is 9.59 Å². The molecule has 0 aromatic carbocycles. The monoisotopic (exact) mass is 258 g/mol. The number of hydrogen-bond acceptors (Lipinski definition) is 4. The number of carbonyl (C=O) groups is 3. The third-order valence-corrected chi connectivity index (χ3v) is 1.76. The molecule has 0 aromatic heterocycles. The minimum atomic E-state index is -1.09. The summed E-state index contributed by atoms with van der Waals surface area (Å²) in [6.45, 7) is 3.74. The largest absolute Gasteiger partial charge is 0.481 e. The standard InChI is InChI=1S/C10H18N4O4/c1-6(2)3-8(15)13-7(4-9(16)17)5-12-14-10(11)18/h5-7H,3-4H2,1-2H3,(H,13,15)(H,16,17)(H3,11,14,18)/b12-5+/t7-/m0/s1. The van der Waals surface area contributed by atoms with Crippen LogP contribution in [0.2, 0.25) is 0 Å². The van der Waals surface area contributed by atoms with Crippen molar-refractivity contribution in [2.24, 2.45) is 16.8 Å². The Balaban J connectivity index is 4.39. The summed E-state index contributed by atoms with van der Waals surface area (Å²) >= 11 is 0. The van der Waals surface area contributed by atoms with Crippen LogP contribution >= 0.6 is 0 Å². The molecule has 0 bridgehead atoms. The van der Waals surface area contributed by atoms with Gasteiger partial charge in [-0.05, 0) is 5.92 Å². The molecule has 102 valence electrons. The number of amides is 3. The molecule has 5 N–H and O–H groups in total. The molecule has 0 aliphatic rings. The molecule has 0 aliphatic carbocycles. The van der Waals surface area contributed by atoms with Crippen LogP contribution < -0.4 is 16.5 Å². The predicted molar refractivity (Wildman–Crippen MR) is 64.8 cm³/mol. The Morgan fingerprint density at radius 2 is 1.94 bits per heavy atom. The van der Waals surface area contributed by atoms with E-state index in [9.17, 15) is 14.4 Å². The molecular formula is C10H18N4O4. The maximum Gasteiger partial charge on any atom is 0.332 e. The van der Waals surface area contributed by atoms with Gasteiger partial charge >= 0.3 is 12.0 Å². The van der Waals surface area contributed by atoms with Crippen LogP contribution in [-0.2, 0) is 9.59 Å². The predicted octanol–water partition coefficient (Wildman–Crippen LogP) is -0.354. The molecule has 0 spiro atoms. The van der Waals surface area contributed by atoms with E-state index in [-0.39, 0.29) is 24.7 Å². The third-order valence-electron chi connectivity index (χ3n) is 1.76. The van der Waals surface area contributed by atoms with Crippen LogP contribution in [-0.4, -0.2) is 35.3 Å². The zero-order valence-corrected chi connectivity index (χ0v) is 10.3. The first-order chi connectivity index (χ1) is 8.31. The highest BCUT2D eigenvalue weighted by molar-refractivity contribution is 5.84. The number of hydrazone groups is 1. The second-order valence-corrected chi connectivity index (χ2v) is 4.12. The molecule has 0 fully saturated rings. The molecular weight excluding hydrogens is 240 g/mol. The summed E-state index contributed by atoms with van der Waals surface area (Å²) in [7, 11) is 0. The van der Waals surface area contributed by atoms with Gasteiger partial charge in [-0.2, -0.15) is 5.10 Å². The van der Waals surface area contributed by atoms with E-state index in [0.29, 0.717) is 0 Å². The SMILES string of the molecule is CC(C)CC(=O)N[C@H](/C=N/NC(N)=O)CC(=O)O. The Morgan fingerprint density at radius 1 is 1.33 bits per heavy atom. The maximum atomic E-state index is 11.5. The molecule has 0 saturated carbocycles. The Bertz CT molecular complexity index is 341. The van der Waals surface area contributed by atoms with Crippen LogP contribution in [0.1, 0.15) is 26.7 Å². The van der Waals surface area contributed by atoms with Gasteiger partial charge in [0, 0.05) is 12.6 Å². The van der Waals surface area contributed by atoms with E-state index in [2.05, 4.69) is 10.4 Å². The molecule has 0 saturated heterocycles. The number of hydrogen-bond donors (Lipinski definition) is 4. The molecule has 0 rings (SSSR count). The number of carboxylic acids is 1. The smallest absolute Gasteiger partial charge is 0.332 e. The highest BCUT2D eigenvalue weighted by atomic mass is 16.4. The average molecular weight is 258 g/mol. The van der Waals surface area contributed by atoms with Gasteiger partial charge in [0.25, 0.3) is 0 Å². The number of nitrogens with zero attached hydrogens (tertiary/aromatic N) is 1. The van der Waals surface area contributed by atoms with Crippen molar-refractivity contribution >= 4 is 24.1 Å². The molecule has 8 heteroatoms. The van der Waals surface area contributed by atoms with Crippen molar-refractivity contribution in [3.05, 3.63) is 0 Å². The lowest BCUT2D eigenvalue weighted by Crippen LogP contribution is -2.39. The van der Waals surface area contributed by atoms with Gasteiger partial charge in [-0.25, -0.2) is 10.2 Å². The van der Waals surface area contributed by atoms with Crippen molar-refractivity contribution in [2.75, 3.05) is 0 Å². The summed E-state index contributed by atoms with van der Waals surface area (Å²) in [5.41, 5.74) is 6.71. The van der Waals surface area contributed by atoms with E-state index in [1.165, 1.54) is 0 Å². The Labute approximate surface area is 105 Å². The van der Waals surface area contributed by atoms with Gasteiger partial charge in [-0.15, -0.1) is 0 Å². The fourth-order valence-electron chi connectivity index (χ4n) is 1.16. The lowest BCUT2D eigenvalue weighted by atomic mass is 10.1. The highest BCUT2D eigenvalue weighted by Crippen LogP contribution is 1.99. The summed E-state index contributed by atoms with van der Waals surface area (Å²) < 4.78 is 0. The quantitative estimate of drug-likeness (QED) is 0.366. The average Bonchev–Trinajstić information content (AvgIpc) is 2.13. The van der Waals surface area contributed by atoms with Gasteiger partial charge in [0.15, 0.2) is 0 Å². The van der Waals surface area contributed by atoms with E-state index >= 15 is 0 Å². The lowest BCUT2D eigenvalue weighted by molar-refractivity contribution is -0.137. The fraction of sp³-hybridized carbons (Fsp3) is 0.600. The number of primary amides is 1. The van der Waals surface area contributed by atoms with Crippen molar-refractivity contribution in [1.29, 1.82) is 0 Å². The second-order valence-electron chi connectivity index (χ2n) is 4.12. The molecule has 3 amide bonds.